The van der Waals surface area contributed by atoms with Gasteiger partial charge >= 0.3 is 5.97 Å². The summed E-state index contributed by atoms with van der Waals surface area (Å²) in [6.45, 7) is 1.93. The van der Waals surface area contributed by atoms with Gasteiger partial charge in [0.2, 0.25) is 5.82 Å². The van der Waals surface area contributed by atoms with Crippen LogP contribution in [0.3, 0.4) is 0 Å². The minimum absolute atomic E-state index is 0.101. The standard InChI is InChI=1S/C44H33N5O3/c1-2-38-41(40(43(50)51)37-24-14-15-25-39(37)45-38)52-34-28-26-30(27-29-34)35-22-12-13-23-36(35)42-46-48-49(47-42)44(31-16-6-3-7-17-31,32-18-8-4-9-19-32)33-20-10-5-11-21-33/h3-29H,2H2,1H3,(H,50,51). The van der Waals surface area contributed by atoms with Crippen molar-refractivity contribution >= 4 is 16.9 Å². The number of fused-ring (bicyclic) bond motifs is 1. The van der Waals surface area contributed by atoms with E-state index in [1.807, 2.05) is 122 Å². The monoisotopic (exact) mass is 679 g/mol. The molecule has 0 bridgehead atoms. The quantitative estimate of drug-likeness (QED) is 0.144. The predicted molar refractivity (Wildman–Crippen MR) is 201 cm³/mol. The molecule has 0 amide bonds. The summed E-state index contributed by atoms with van der Waals surface area (Å²) < 4.78 is 6.29. The van der Waals surface area contributed by atoms with Crippen LogP contribution < -0.4 is 4.74 Å². The van der Waals surface area contributed by atoms with Gasteiger partial charge in [-0.2, -0.15) is 0 Å². The summed E-state index contributed by atoms with van der Waals surface area (Å²) in [5, 5.41) is 25.3. The van der Waals surface area contributed by atoms with Crippen molar-refractivity contribution in [1.29, 1.82) is 0 Å². The lowest BCUT2D eigenvalue weighted by molar-refractivity contribution is 0.0696. The van der Waals surface area contributed by atoms with E-state index in [4.69, 9.17) is 20.0 Å². The summed E-state index contributed by atoms with van der Waals surface area (Å²) in [4.78, 5) is 18.9. The molecule has 0 fully saturated rings. The van der Waals surface area contributed by atoms with Gasteiger partial charge < -0.3 is 9.84 Å². The van der Waals surface area contributed by atoms with Crippen molar-refractivity contribution < 1.29 is 14.6 Å². The van der Waals surface area contributed by atoms with E-state index in [2.05, 4.69) is 41.5 Å². The van der Waals surface area contributed by atoms with Crippen molar-refractivity contribution in [3.05, 3.63) is 192 Å². The third kappa shape index (κ3) is 5.66. The number of nitrogens with zero attached hydrogens (tertiary/aromatic N) is 5. The van der Waals surface area contributed by atoms with Crippen molar-refractivity contribution in [3.63, 3.8) is 0 Å². The second kappa shape index (κ2) is 13.8. The van der Waals surface area contributed by atoms with E-state index in [-0.39, 0.29) is 11.3 Å². The summed E-state index contributed by atoms with van der Waals surface area (Å²) in [7, 11) is 0. The number of benzene rings is 6. The Morgan fingerprint density at radius 2 is 1.21 bits per heavy atom. The molecule has 2 heterocycles. The van der Waals surface area contributed by atoms with Crippen molar-refractivity contribution in [1.82, 2.24) is 25.2 Å². The molecule has 0 saturated carbocycles. The average molecular weight is 680 g/mol. The molecule has 252 valence electrons. The highest BCUT2D eigenvalue weighted by atomic mass is 16.5. The second-order valence-corrected chi connectivity index (χ2v) is 12.3. The number of carboxylic acid groups (broad SMARTS) is 1. The van der Waals surface area contributed by atoms with E-state index >= 15 is 0 Å². The van der Waals surface area contributed by atoms with Crippen LogP contribution in [-0.2, 0) is 12.0 Å². The van der Waals surface area contributed by atoms with Crippen LogP contribution in [-0.4, -0.2) is 36.3 Å². The maximum Gasteiger partial charge on any atom is 0.340 e. The molecule has 8 nitrogen and oxygen atoms in total. The number of para-hydroxylation sites is 1. The van der Waals surface area contributed by atoms with Gasteiger partial charge in [0.1, 0.15) is 11.3 Å². The highest BCUT2D eigenvalue weighted by Crippen LogP contribution is 2.41. The Kier molecular flexibility index (Phi) is 8.55. The molecule has 0 unspecified atom stereocenters. The van der Waals surface area contributed by atoms with Gasteiger partial charge in [0.15, 0.2) is 11.3 Å². The van der Waals surface area contributed by atoms with Crippen LogP contribution in [0.15, 0.2) is 164 Å². The highest BCUT2D eigenvalue weighted by molar-refractivity contribution is 6.05. The predicted octanol–water partition coefficient (Wildman–Crippen LogP) is 9.45. The van der Waals surface area contributed by atoms with Gasteiger partial charge in [-0.25, -0.2) is 9.78 Å². The minimum atomic E-state index is -1.06. The fourth-order valence-electron chi connectivity index (χ4n) is 6.91. The van der Waals surface area contributed by atoms with E-state index in [1.165, 1.54) is 0 Å². The number of tetrazole rings is 1. The number of aromatic nitrogens is 5. The first kappa shape index (κ1) is 32.3. The normalized spacial score (nSPS) is 11.4. The second-order valence-electron chi connectivity index (χ2n) is 12.3. The number of hydrogen-bond acceptors (Lipinski definition) is 6. The molecule has 1 N–H and O–H groups in total. The smallest absolute Gasteiger partial charge is 0.340 e. The number of rotatable bonds is 10. The van der Waals surface area contributed by atoms with E-state index in [9.17, 15) is 9.90 Å². The lowest BCUT2D eigenvalue weighted by Crippen LogP contribution is -2.39. The molecule has 0 aliphatic rings. The Morgan fingerprint density at radius 1 is 0.673 bits per heavy atom. The Morgan fingerprint density at radius 3 is 1.79 bits per heavy atom. The molecule has 0 saturated heterocycles. The molecule has 0 aliphatic carbocycles. The number of pyridine rings is 1. The third-order valence-corrected chi connectivity index (χ3v) is 9.31. The zero-order chi connectivity index (χ0) is 35.5. The van der Waals surface area contributed by atoms with Crippen LogP contribution in [0.25, 0.3) is 33.4 Å². The van der Waals surface area contributed by atoms with Gasteiger partial charge in [0.25, 0.3) is 0 Å². The molecule has 6 aromatic carbocycles. The van der Waals surface area contributed by atoms with E-state index < -0.39 is 11.5 Å². The topological polar surface area (TPSA) is 103 Å². The van der Waals surface area contributed by atoms with Crippen LogP contribution in [0.5, 0.6) is 11.5 Å². The van der Waals surface area contributed by atoms with Crippen LogP contribution in [0.2, 0.25) is 0 Å². The van der Waals surface area contributed by atoms with Gasteiger partial charge in [0.05, 0.1) is 11.2 Å². The first-order valence-corrected chi connectivity index (χ1v) is 17.1. The molecule has 8 aromatic rings. The third-order valence-electron chi connectivity index (χ3n) is 9.31. The zero-order valence-electron chi connectivity index (χ0n) is 28.3. The van der Waals surface area contributed by atoms with E-state index in [0.717, 1.165) is 33.4 Å². The SMILES string of the molecule is CCc1nc2ccccc2c(C(=O)O)c1Oc1ccc(-c2ccccc2-c2nnn(C(c3ccccc3)(c3ccccc3)c3ccccc3)n2)cc1. The molecular weight excluding hydrogens is 647 g/mol. The lowest BCUT2D eigenvalue weighted by atomic mass is 9.77. The van der Waals surface area contributed by atoms with Gasteiger partial charge in [0, 0.05) is 10.9 Å². The molecule has 0 spiro atoms. The summed E-state index contributed by atoms with van der Waals surface area (Å²) in [5.74, 6) is 0.161. The summed E-state index contributed by atoms with van der Waals surface area (Å²) in [5.41, 5.74) is 6.03. The number of carboxylic acids is 1. The Labute approximate surface area is 300 Å². The molecule has 8 heteroatoms. The minimum Gasteiger partial charge on any atom is -0.478 e. The molecule has 52 heavy (non-hydrogen) atoms. The number of aryl methyl sites for hydroxylation is 1. The van der Waals surface area contributed by atoms with Gasteiger partial charge in [-0.3, -0.25) is 0 Å². The number of hydrogen-bond donors (Lipinski definition) is 1. The van der Waals surface area contributed by atoms with Crippen molar-refractivity contribution in [2.75, 3.05) is 0 Å². The first-order chi connectivity index (χ1) is 25.6. The molecule has 0 atom stereocenters. The maximum absolute atomic E-state index is 12.5. The number of aromatic carboxylic acids is 1. The van der Waals surface area contributed by atoms with E-state index in [0.29, 0.717) is 34.6 Å². The van der Waals surface area contributed by atoms with Gasteiger partial charge in [-0.15, -0.1) is 15.0 Å². The fraction of sp³-hybridized carbons (Fsp3) is 0.0682. The Balaban J connectivity index is 1.19. The zero-order valence-corrected chi connectivity index (χ0v) is 28.3. The highest BCUT2D eigenvalue weighted by Gasteiger charge is 2.41. The Bertz CT molecular complexity index is 2400. The molecule has 8 rings (SSSR count). The van der Waals surface area contributed by atoms with Gasteiger partial charge in [-0.05, 0) is 57.7 Å². The van der Waals surface area contributed by atoms with Crippen LogP contribution in [0, 0.1) is 0 Å². The van der Waals surface area contributed by atoms with Gasteiger partial charge in [-0.1, -0.05) is 153 Å². The molecular formula is C44H33N5O3. The van der Waals surface area contributed by atoms with Crippen LogP contribution in [0.1, 0.15) is 39.7 Å². The average Bonchev–Trinajstić information content (AvgIpc) is 3.70. The van der Waals surface area contributed by atoms with Crippen molar-refractivity contribution in [3.8, 4) is 34.0 Å². The fourth-order valence-corrected chi connectivity index (χ4v) is 6.91. The number of carbonyl (C=O) groups is 1. The Hall–Kier alpha value is -6.93. The molecule has 2 aromatic heterocycles. The summed E-state index contributed by atoms with van der Waals surface area (Å²) in [6, 6.07) is 53.5. The first-order valence-electron chi connectivity index (χ1n) is 17.1. The largest absolute Gasteiger partial charge is 0.478 e. The number of ether oxygens (including phenoxy) is 1. The van der Waals surface area contributed by atoms with Crippen LogP contribution >= 0.6 is 0 Å². The van der Waals surface area contributed by atoms with Crippen molar-refractivity contribution in [2.24, 2.45) is 0 Å². The summed E-state index contributed by atoms with van der Waals surface area (Å²) in [6.07, 6.45) is 0.514. The summed E-state index contributed by atoms with van der Waals surface area (Å²) >= 11 is 0. The van der Waals surface area contributed by atoms with E-state index in [1.54, 1.807) is 16.9 Å². The molecule has 0 radical (unpaired) electrons. The lowest BCUT2D eigenvalue weighted by Gasteiger charge is -2.34. The molecule has 0 aliphatic heterocycles. The van der Waals surface area contributed by atoms with Crippen LogP contribution in [0.4, 0.5) is 0 Å². The van der Waals surface area contributed by atoms with Crippen molar-refractivity contribution in [2.45, 2.75) is 18.9 Å². The maximum atomic E-state index is 12.5.